The summed E-state index contributed by atoms with van der Waals surface area (Å²) in [6.45, 7) is 1.74. The number of carbonyl (C=O) groups excluding carboxylic acids is 1. The maximum absolute atomic E-state index is 11.8. The summed E-state index contributed by atoms with van der Waals surface area (Å²) in [4.78, 5) is 15.9. The normalized spacial score (nSPS) is 15.8. The highest BCUT2D eigenvalue weighted by atomic mass is 35.5. The van der Waals surface area contributed by atoms with E-state index in [1.165, 1.54) is 6.07 Å². The van der Waals surface area contributed by atoms with Gasteiger partial charge in [0.15, 0.2) is 5.82 Å². The molecule has 0 spiro atoms. The van der Waals surface area contributed by atoms with Crippen LogP contribution in [0.5, 0.6) is 0 Å². The fourth-order valence-electron chi connectivity index (χ4n) is 1.49. The summed E-state index contributed by atoms with van der Waals surface area (Å²) in [5.41, 5.74) is 2.37. The van der Waals surface area contributed by atoms with E-state index in [4.69, 9.17) is 29.0 Å². The molecule has 0 aromatic carbocycles. The van der Waals surface area contributed by atoms with Gasteiger partial charge in [-0.05, 0) is 25.8 Å². The fraction of sp³-hybridized carbons (Fsp3) is 0.455. The number of nitrogens with one attached hydrogen (secondary N) is 3. The van der Waals surface area contributed by atoms with Crippen LogP contribution in [-0.2, 0) is 4.79 Å². The first-order valence-electron chi connectivity index (χ1n) is 5.91. The van der Waals surface area contributed by atoms with E-state index in [1.54, 1.807) is 6.92 Å². The van der Waals surface area contributed by atoms with E-state index in [1.807, 2.05) is 0 Å². The number of nitrogens with two attached hydrogens (primary N) is 1. The molecule has 5 N–H and O–H groups in total. The fourth-order valence-corrected chi connectivity index (χ4v) is 1.96. The average molecular weight is 304 g/mol. The molecule has 1 heterocycles. The van der Waals surface area contributed by atoms with Gasteiger partial charge in [-0.2, -0.15) is 0 Å². The molecule has 1 aromatic heterocycles. The van der Waals surface area contributed by atoms with Gasteiger partial charge in [0.25, 0.3) is 0 Å². The first kappa shape index (κ1) is 14.2. The van der Waals surface area contributed by atoms with Gasteiger partial charge in [-0.1, -0.05) is 23.2 Å². The third kappa shape index (κ3) is 3.62. The van der Waals surface area contributed by atoms with Crippen molar-refractivity contribution in [2.45, 2.75) is 31.8 Å². The average Bonchev–Trinajstić information content (AvgIpc) is 3.16. The lowest BCUT2D eigenvalue weighted by atomic mass is 10.3. The number of hydrogen-bond donors (Lipinski definition) is 4. The van der Waals surface area contributed by atoms with Crippen LogP contribution in [0.25, 0.3) is 0 Å². The summed E-state index contributed by atoms with van der Waals surface area (Å²) in [5, 5.41) is 6.47. The number of pyridine rings is 1. The van der Waals surface area contributed by atoms with Crippen molar-refractivity contribution in [3.05, 3.63) is 16.1 Å². The topological polar surface area (TPSA) is 92.1 Å². The number of carbonyl (C=O) groups is 1. The van der Waals surface area contributed by atoms with Gasteiger partial charge in [-0.15, -0.1) is 0 Å². The summed E-state index contributed by atoms with van der Waals surface area (Å²) in [7, 11) is 0. The van der Waals surface area contributed by atoms with Crippen LogP contribution >= 0.6 is 23.2 Å². The van der Waals surface area contributed by atoms with E-state index in [0.29, 0.717) is 27.7 Å². The van der Waals surface area contributed by atoms with Crippen LogP contribution in [-0.4, -0.2) is 23.0 Å². The highest BCUT2D eigenvalue weighted by Gasteiger charge is 2.26. The third-order valence-corrected chi connectivity index (χ3v) is 3.31. The number of nitrogens with zero attached hydrogens (tertiary/aromatic N) is 1. The first-order valence-corrected chi connectivity index (χ1v) is 6.66. The first-order chi connectivity index (χ1) is 9.01. The molecule has 1 amide bonds. The second kappa shape index (κ2) is 5.81. The summed E-state index contributed by atoms with van der Waals surface area (Å²) >= 11 is 11.9. The summed E-state index contributed by atoms with van der Waals surface area (Å²) in [6.07, 6.45) is 2.08. The summed E-state index contributed by atoms with van der Waals surface area (Å²) < 4.78 is 0. The lowest BCUT2D eigenvalue weighted by Gasteiger charge is -2.16. The van der Waals surface area contributed by atoms with Crippen LogP contribution in [0.3, 0.4) is 0 Å². The molecule has 1 aliphatic rings. The number of hydrogen-bond acceptors (Lipinski definition) is 5. The zero-order chi connectivity index (χ0) is 14.0. The number of nitrogen functional groups attached to an aromatic ring is 1. The Hall–Kier alpha value is -1.24. The minimum atomic E-state index is -0.447. The van der Waals surface area contributed by atoms with Crippen molar-refractivity contribution in [2.24, 2.45) is 5.84 Å². The standard InChI is InChI=1S/C11H15Cl2N5O/c1-5(11(19)16-6-2-3-6)15-9-7(12)4-8(13)10(17-9)18-14/h4-6H,2-3,14H2,1H3,(H,16,19)(H2,15,17,18). The largest absolute Gasteiger partial charge is 0.357 e. The number of rotatable bonds is 5. The maximum atomic E-state index is 11.8. The lowest BCUT2D eigenvalue weighted by Crippen LogP contribution is -2.39. The molecule has 1 aromatic rings. The summed E-state index contributed by atoms with van der Waals surface area (Å²) in [6, 6.07) is 1.38. The van der Waals surface area contributed by atoms with Crippen LogP contribution in [0.15, 0.2) is 6.07 Å². The van der Waals surface area contributed by atoms with Crippen molar-refractivity contribution in [1.82, 2.24) is 10.3 Å². The van der Waals surface area contributed by atoms with Gasteiger partial charge in [0.1, 0.15) is 11.9 Å². The molecule has 6 nitrogen and oxygen atoms in total. The molecule has 0 bridgehead atoms. The molecule has 1 atom stereocenters. The minimum absolute atomic E-state index is 0.0856. The molecule has 1 aliphatic carbocycles. The monoisotopic (exact) mass is 303 g/mol. The number of halogens is 2. The number of aromatic nitrogens is 1. The van der Waals surface area contributed by atoms with E-state index >= 15 is 0 Å². The van der Waals surface area contributed by atoms with Crippen LogP contribution in [0, 0.1) is 0 Å². The molecule has 0 aliphatic heterocycles. The van der Waals surface area contributed by atoms with E-state index in [2.05, 4.69) is 21.0 Å². The predicted octanol–water partition coefficient (Wildman–Crippen LogP) is 1.75. The Bertz CT molecular complexity index is 492. The summed E-state index contributed by atoms with van der Waals surface area (Å²) in [5.74, 6) is 5.86. The van der Waals surface area contributed by atoms with Crippen molar-refractivity contribution < 1.29 is 4.79 Å². The van der Waals surface area contributed by atoms with Gasteiger partial charge in [0, 0.05) is 6.04 Å². The van der Waals surface area contributed by atoms with Crippen LogP contribution in [0.1, 0.15) is 19.8 Å². The van der Waals surface area contributed by atoms with Crippen molar-refractivity contribution >= 4 is 40.7 Å². The Labute approximate surface area is 121 Å². The van der Waals surface area contributed by atoms with Crippen molar-refractivity contribution in [1.29, 1.82) is 0 Å². The SMILES string of the molecule is CC(Nc1nc(NN)c(Cl)cc1Cl)C(=O)NC1CC1. The molecular formula is C11H15Cl2N5O. The molecular weight excluding hydrogens is 289 g/mol. The second-order valence-corrected chi connectivity index (χ2v) is 5.26. The van der Waals surface area contributed by atoms with E-state index in [0.717, 1.165) is 12.8 Å². The van der Waals surface area contributed by atoms with Crippen molar-refractivity contribution in [3.8, 4) is 0 Å². The molecule has 1 saturated carbocycles. The van der Waals surface area contributed by atoms with Gasteiger partial charge < -0.3 is 16.1 Å². The smallest absolute Gasteiger partial charge is 0.242 e. The van der Waals surface area contributed by atoms with Gasteiger partial charge in [-0.25, -0.2) is 10.8 Å². The molecule has 0 saturated heterocycles. The Morgan fingerprint density at radius 2 is 2.05 bits per heavy atom. The van der Waals surface area contributed by atoms with Gasteiger partial charge in [-0.3, -0.25) is 4.79 Å². The molecule has 8 heteroatoms. The highest BCUT2D eigenvalue weighted by Crippen LogP contribution is 2.29. The van der Waals surface area contributed by atoms with Crippen molar-refractivity contribution in [2.75, 3.05) is 10.7 Å². The zero-order valence-corrected chi connectivity index (χ0v) is 11.8. The Morgan fingerprint density at radius 3 is 2.63 bits per heavy atom. The number of hydrazine groups is 1. The third-order valence-electron chi connectivity index (χ3n) is 2.74. The van der Waals surface area contributed by atoms with E-state index < -0.39 is 6.04 Å². The van der Waals surface area contributed by atoms with Gasteiger partial charge in [0.2, 0.25) is 5.91 Å². The van der Waals surface area contributed by atoms with Gasteiger partial charge >= 0.3 is 0 Å². The van der Waals surface area contributed by atoms with E-state index in [9.17, 15) is 4.79 Å². The Kier molecular flexibility index (Phi) is 4.34. The Morgan fingerprint density at radius 1 is 1.42 bits per heavy atom. The van der Waals surface area contributed by atoms with Crippen molar-refractivity contribution in [3.63, 3.8) is 0 Å². The molecule has 1 unspecified atom stereocenters. The number of amides is 1. The highest BCUT2D eigenvalue weighted by molar-refractivity contribution is 6.37. The minimum Gasteiger partial charge on any atom is -0.357 e. The molecule has 0 radical (unpaired) electrons. The zero-order valence-electron chi connectivity index (χ0n) is 10.3. The quantitative estimate of drug-likeness (QED) is 0.491. The van der Waals surface area contributed by atoms with Gasteiger partial charge in [0.05, 0.1) is 10.0 Å². The predicted molar refractivity (Wildman–Crippen MR) is 76.3 cm³/mol. The number of anilines is 2. The lowest BCUT2D eigenvalue weighted by molar-refractivity contribution is -0.121. The van der Waals surface area contributed by atoms with Crippen LogP contribution < -0.4 is 21.9 Å². The molecule has 19 heavy (non-hydrogen) atoms. The molecule has 104 valence electrons. The Balaban J connectivity index is 2.06. The molecule has 2 rings (SSSR count). The maximum Gasteiger partial charge on any atom is 0.242 e. The van der Waals surface area contributed by atoms with E-state index in [-0.39, 0.29) is 5.91 Å². The second-order valence-electron chi connectivity index (χ2n) is 4.44. The van der Waals surface area contributed by atoms with Crippen LogP contribution in [0.2, 0.25) is 10.0 Å². The van der Waals surface area contributed by atoms with Crippen LogP contribution in [0.4, 0.5) is 11.6 Å². The molecule has 1 fully saturated rings.